The molecular weight excluding hydrogens is 306 g/mol. The van der Waals surface area contributed by atoms with Crippen LogP contribution in [-0.2, 0) is 20.8 Å². The topological polar surface area (TPSA) is 47.6 Å². The number of ether oxygens (including phenoxy) is 2. The Hall–Kier alpha value is -0.430. The van der Waals surface area contributed by atoms with Crippen molar-refractivity contribution in [1.29, 1.82) is 0 Å². The molecule has 0 saturated heterocycles. The van der Waals surface area contributed by atoms with Crippen LogP contribution in [0, 0.1) is 0 Å². The van der Waals surface area contributed by atoms with E-state index in [1.54, 1.807) is 18.3 Å². The number of rotatable bonds is 8. The molecule has 17 heavy (non-hydrogen) atoms. The predicted molar refractivity (Wildman–Crippen MR) is 71.2 cm³/mol. The third kappa shape index (κ3) is 6.16. The minimum atomic E-state index is -0.312. The average Bonchev–Trinajstić information content (AvgIpc) is 2.70. The fourth-order valence-corrected chi connectivity index (χ4v) is 2.62. The first kappa shape index (κ1) is 14.6. The zero-order chi connectivity index (χ0) is 12.5. The molecule has 0 amide bonds. The van der Waals surface area contributed by atoms with Crippen molar-refractivity contribution in [3.05, 3.63) is 20.8 Å². The van der Waals surface area contributed by atoms with E-state index in [1.165, 1.54) is 4.88 Å². The lowest BCUT2D eigenvalue weighted by Gasteiger charge is -2.05. The molecule has 1 aromatic heterocycles. The summed E-state index contributed by atoms with van der Waals surface area (Å²) in [6.07, 6.45) is 0. The molecule has 0 spiro atoms. The third-order valence-corrected chi connectivity index (χ3v) is 3.85. The van der Waals surface area contributed by atoms with E-state index in [1.807, 2.05) is 11.4 Å². The maximum Gasteiger partial charge on any atom is 0.332 e. The lowest BCUT2D eigenvalue weighted by Crippen LogP contribution is -2.21. The highest BCUT2D eigenvalue weighted by atomic mass is 79.9. The van der Waals surface area contributed by atoms with Gasteiger partial charge < -0.3 is 14.8 Å². The Bertz CT molecular complexity index is 343. The molecule has 0 unspecified atom stereocenters. The molecule has 0 aliphatic carbocycles. The van der Waals surface area contributed by atoms with Crippen molar-refractivity contribution in [3.8, 4) is 0 Å². The first-order chi connectivity index (χ1) is 8.24. The first-order valence-electron chi connectivity index (χ1n) is 5.40. The van der Waals surface area contributed by atoms with Crippen molar-refractivity contribution < 1.29 is 14.3 Å². The highest BCUT2D eigenvalue weighted by Gasteiger charge is 2.02. The van der Waals surface area contributed by atoms with Crippen LogP contribution in [0.3, 0.4) is 0 Å². The standard InChI is InChI=1S/C11H16BrNO3S/c1-2-16-11(14)8-15-5-4-13-7-10-9(12)3-6-17-10/h3,6,13H,2,4-5,7-8H2,1H3. The summed E-state index contributed by atoms with van der Waals surface area (Å²) in [6, 6.07) is 2.03. The molecule has 1 aromatic rings. The van der Waals surface area contributed by atoms with E-state index in [0.717, 1.165) is 11.0 Å². The number of thiophene rings is 1. The molecule has 96 valence electrons. The fraction of sp³-hybridized carbons (Fsp3) is 0.545. The van der Waals surface area contributed by atoms with Crippen LogP contribution in [-0.4, -0.2) is 32.3 Å². The SMILES string of the molecule is CCOC(=O)COCCNCc1sccc1Br. The van der Waals surface area contributed by atoms with E-state index in [2.05, 4.69) is 21.2 Å². The van der Waals surface area contributed by atoms with E-state index in [0.29, 0.717) is 19.8 Å². The molecule has 0 radical (unpaired) electrons. The Labute approximate surface area is 113 Å². The normalized spacial score (nSPS) is 10.5. The minimum Gasteiger partial charge on any atom is -0.464 e. The van der Waals surface area contributed by atoms with Crippen LogP contribution in [0.4, 0.5) is 0 Å². The molecule has 0 fully saturated rings. The molecule has 0 aromatic carbocycles. The number of carbonyl (C=O) groups excluding carboxylic acids is 1. The Morgan fingerprint density at radius 2 is 2.41 bits per heavy atom. The first-order valence-corrected chi connectivity index (χ1v) is 7.07. The monoisotopic (exact) mass is 321 g/mol. The van der Waals surface area contributed by atoms with E-state index < -0.39 is 0 Å². The zero-order valence-electron chi connectivity index (χ0n) is 9.70. The molecular formula is C11H16BrNO3S. The van der Waals surface area contributed by atoms with Gasteiger partial charge in [-0.05, 0) is 34.3 Å². The number of esters is 1. The molecule has 6 heteroatoms. The second-order valence-corrected chi connectivity index (χ2v) is 5.08. The Balaban J connectivity index is 1.98. The smallest absolute Gasteiger partial charge is 0.332 e. The second kappa shape index (κ2) is 8.63. The van der Waals surface area contributed by atoms with Gasteiger partial charge in [-0.1, -0.05) is 0 Å². The molecule has 4 nitrogen and oxygen atoms in total. The summed E-state index contributed by atoms with van der Waals surface area (Å²) in [5.41, 5.74) is 0. The van der Waals surface area contributed by atoms with Crippen molar-refractivity contribution in [2.75, 3.05) is 26.4 Å². The van der Waals surface area contributed by atoms with Crippen LogP contribution >= 0.6 is 27.3 Å². The Kier molecular flexibility index (Phi) is 7.43. The maximum atomic E-state index is 10.9. The van der Waals surface area contributed by atoms with Crippen LogP contribution in [0.1, 0.15) is 11.8 Å². The van der Waals surface area contributed by atoms with E-state index in [-0.39, 0.29) is 12.6 Å². The van der Waals surface area contributed by atoms with Gasteiger partial charge in [0, 0.05) is 22.4 Å². The molecule has 1 N–H and O–H groups in total. The van der Waals surface area contributed by atoms with Gasteiger partial charge in [-0.25, -0.2) is 4.79 Å². The zero-order valence-corrected chi connectivity index (χ0v) is 12.1. The molecule has 1 heterocycles. The summed E-state index contributed by atoms with van der Waals surface area (Å²) in [4.78, 5) is 12.2. The summed E-state index contributed by atoms with van der Waals surface area (Å²) in [5.74, 6) is -0.312. The average molecular weight is 322 g/mol. The molecule has 0 aliphatic heterocycles. The van der Waals surface area contributed by atoms with Gasteiger partial charge in [-0.2, -0.15) is 0 Å². The summed E-state index contributed by atoms with van der Waals surface area (Å²) in [7, 11) is 0. The summed E-state index contributed by atoms with van der Waals surface area (Å²) in [6.45, 7) is 4.22. The fourth-order valence-electron chi connectivity index (χ4n) is 1.16. The van der Waals surface area contributed by atoms with Gasteiger partial charge in [-0.3, -0.25) is 0 Å². The van der Waals surface area contributed by atoms with Crippen LogP contribution in [0.15, 0.2) is 15.9 Å². The lowest BCUT2D eigenvalue weighted by atomic mass is 10.4. The summed E-state index contributed by atoms with van der Waals surface area (Å²) in [5, 5.41) is 5.28. The number of hydrogen-bond acceptors (Lipinski definition) is 5. The summed E-state index contributed by atoms with van der Waals surface area (Å²) >= 11 is 5.16. The van der Waals surface area contributed by atoms with Crippen LogP contribution in [0.5, 0.6) is 0 Å². The van der Waals surface area contributed by atoms with Gasteiger partial charge in [-0.15, -0.1) is 11.3 Å². The van der Waals surface area contributed by atoms with Crippen molar-refractivity contribution in [1.82, 2.24) is 5.32 Å². The van der Waals surface area contributed by atoms with Gasteiger partial charge in [0.05, 0.1) is 13.2 Å². The molecule has 0 bridgehead atoms. The minimum absolute atomic E-state index is 0.0260. The number of halogens is 1. The van der Waals surface area contributed by atoms with Crippen molar-refractivity contribution in [3.63, 3.8) is 0 Å². The van der Waals surface area contributed by atoms with E-state index in [4.69, 9.17) is 9.47 Å². The van der Waals surface area contributed by atoms with Crippen LogP contribution < -0.4 is 5.32 Å². The third-order valence-electron chi connectivity index (χ3n) is 1.93. The van der Waals surface area contributed by atoms with Gasteiger partial charge >= 0.3 is 5.97 Å². The van der Waals surface area contributed by atoms with Crippen LogP contribution in [0.2, 0.25) is 0 Å². The van der Waals surface area contributed by atoms with Crippen molar-refractivity contribution in [2.24, 2.45) is 0 Å². The predicted octanol–water partition coefficient (Wildman–Crippen LogP) is 2.18. The number of carbonyl (C=O) groups is 1. The van der Waals surface area contributed by atoms with Crippen LogP contribution in [0.25, 0.3) is 0 Å². The molecule has 0 saturated carbocycles. The maximum absolute atomic E-state index is 10.9. The highest BCUT2D eigenvalue weighted by molar-refractivity contribution is 9.10. The molecule has 1 rings (SSSR count). The molecule has 0 aliphatic rings. The van der Waals surface area contributed by atoms with Crippen molar-refractivity contribution in [2.45, 2.75) is 13.5 Å². The van der Waals surface area contributed by atoms with Gasteiger partial charge in [0.1, 0.15) is 6.61 Å². The van der Waals surface area contributed by atoms with E-state index >= 15 is 0 Å². The number of nitrogens with one attached hydrogen (secondary N) is 1. The van der Waals surface area contributed by atoms with Gasteiger partial charge in [0.15, 0.2) is 0 Å². The van der Waals surface area contributed by atoms with Crippen molar-refractivity contribution >= 4 is 33.2 Å². The second-order valence-electron chi connectivity index (χ2n) is 3.23. The van der Waals surface area contributed by atoms with E-state index in [9.17, 15) is 4.79 Å². The lowest BCUT2D eigenvalue weighted by molar-refractivity contribution is -0.148. The largest absolute Gasteiger partial charge is 0.464 e. The van der Waals surface area contributed by atoms with Gasteiger partial charge in [0.2, 0.25) is 0 Å². The number of hydrogen-bond donors (Lipinski definition) is 1. The Morgan fingerprint density at radius 1 is 1.59 bits per heavy atom. The Morgan fingerprint density at radius 3 is 3.06 bits per heavy atom. The van der Waals surface area contributed by atoms with Gasteiger partial charge in [0.25, 0.3) is 0 Å². The quantitative estimate of drug-likeness (QED) is 0.589. The molecule has 0 atom stereocenters. The highest BCUT2D eigenvalue weighted by Crippen LogP contribution is 2.21. The summed E-state index contributed by atoms with van der Waals surface area (Å²) < 4.78 is 11.0.